The van der Waals surface area contributed by atoms with Crippen molar-refractivity contribution in [2.24, 2.45) is 0 Å². The minimum Gasteiger partial charge on any atom is -0.351 e. The average Bonchev–Trinajstić information content (AvgIpc) is 2.61. The molecule has 148 valence electrons. The molecule has 3 rings (SSSR count). The van der Waals surface area contributed by atoms with E-state index >= 15 is 0 Å². The van der Waals surface area contributed by atoms with Crippen LogP contribution in [0.25, 0.3) is 16.7 Å². The highest BCUT2D eigenvalue weighted by Crippen LogP contribution is 2.30. The highest BCUT2D eigenvalue weighted by atomic mass is 35.5. The molecule has 0 radical (unpaired) electrons. The van der Waals surface area contributed by atoms with E-state index in [4.69, 9.17) is 11.6 Å². The van der Waals surface area contributed by atoms with Gasteiger partial charge in [-0.15, -0.1) is 0 Å². The molecule has 11 heteroatoms. The standard InChI is InChI=1S/C17H14ClF3N4O3/c1-2-24(16(27)28)15-22-13(18)11-7-8-12(26)25(14(11)23-15)10-5-3-9(4-6-10)17(19,20)21/h3-8,16,27-28H,2H2,1H3. The third-order valence-corrected chi connectivity index (χ3v) is 4.31. The zero-order chi connectivity index (χ0) is 20.6. The normalized spacial score (nSPS) is 12.0. The van der Waals surface area contributed by atoms with Gasteiger partial charge in [-0.25, -0.2) is 4.98 Å². The first-order chi connectivity index (χ1) is 13.1. The van der Waals surface area contributed by atoms with Crippen molar-refractivity contribution in [2.75, 3.05) is 11.4 Å². The van der Waals surface area contributed by atoms with Crippen LogP contribution in [0.15, 0.2) is 41.2 Å². The number of anilines is 1. The fraction of sp³-hybridized carbons (Fsp3) is 0.235. The van der Waals surface area contributed by atoms with Gasteiger partial charge in [0.05, 0.1) is 16.6 Å². The lowest BCUT2D eigenvalue weighted by Gasteiger charge is -2.23. The molecule has 1 aromatic carbocycles. The first kappa shape index (κ1) is 20.1. The Hall–Kier alpha value is -2.69. The zero-order valence-electron chi connectivity index (χ0n) is 14.4. The molecular weight excluding hydrogens is 401 g/mol. The number of nitrogens with zero attached hydrogens (tertiary/aromatic N) is 4. The van der Waals surface area contributed by atoms with Crippen LogP contribution < -0.4 is 10.5 Å². The summed E-state index contributed by atoms with van der Waals surface area (Å²) in [6.07, 6.45) is -6.42. The Kier molecular flexibility index (Phi) is 5.28. The molecule has 2 aromatic heterocycles. The summed E-state index contributed by atoms with van der Waals surface area (Å²) >= 11 is 6.16. The Balaban J connectivity index is 2.26. The maximum absolute atomic E-state index is 12.8. The number of hydrogen-bond donors (Lipinski definition) is 2. The second kappa shape index (κ2) is 7.38. The number of fused-ring (bicyclic) bond motifs is 1. The molecule has 0 saturated heterocycles. The van der Waals surface area contributed by atoms with Crippen molar-refractivity contribution >= 4 is 28.6 Å². The predicted molar refractivity (Wildman–Crippen MR) is 96.4 cm³/mol. The number of rotatable bonds is 4. The number of halogens is 4. The topological polar surface area (TPSA) is 91.5 Å². The second-order valence-electron chi connectivity index (χ2n) is 5.74. The molecule has 28 heavy (non-hydrogen) atoms. The Morgan fingerprint density at radius 3 is 2.32 bits per heavy atom. The third kappa shape index (κ3) is 3.66. The SMILES string of the molecule is CCN(c1nc(Cl)c2ccc(=O)n(-c3ccc(C(F)(F)F)cc3)c2n1)C(O)O. The number of aliphatic hydroxyl groups excluding tert-OH is 1. The summed E-state index contributed by atoms with van der Waals surface area (Å²) in [6, 6.07) is 6.54. The van der Waals surface area contributed by atoms with Crippen LogP contribution in [0, 0.1) is 0 Å². The van der Waals surface area contributed by atoms with Crippen molar-refractivity contribution in [3.8, 4) is 5.69 Å². The number of benzene rings is 1. The van der Waals surface area contributed by atoms with E-state index in [2.05, 4.69) is 9.97 Å². The predicted octanol–water partition coefficient (Wildman–Crippen LogP) is 2.55. The van der Waals surface area contributed by atoms with Gasteiger partial charge in [0, 0.05) is 12.6 Å². The van der Waals surface area contributed by atoms with Gasteiger partial charge in [-0.05, 0) is 37.3 Å². The van der Waals surface area contributed by atoms with Crippen LogP contribution in [0.1, 0.15) is 12.5 Å². The Morgan fingerprint density at radius 2 is 1.79 bits per heavy atom. The van der Waals surface area contributed by atoms with Crippen molar-refractivity contribution < 1.29 is 23.4 Å². The first-order valence-corrected chi connectivity index (χ1v) is 8.41. The number of aromatic nitrogens is 3. The van der Waals surface area contributed by atoms with Gasteiger partial charge >= 0.3 is 6.18 Å². The molecule has 0 amide bonds. The molecule has 0 aliphatic carbocycles. The molecular formula is C17H14ClF3N4O3. The summed E-state index contributed by atoms with van der Waals surface area (Å²) in [7, 11) is 0. The van der Waals surface area contributed by atoms with Crippen LogP contribution in [0.2, 0.25) is 5.15 Å². The number of aliphatic hydroxyl groups is 2. The maximum atomic E-state index is 12.8. The Bertz CT molecular complexity index is 1070. The largest absolute Gasteiger partial charge is 0.416 e. The van der Waals surface area contributed by atoms with E-state index in [1.54, 1.807) is 6.92 Å². The summed E-state index contributed by atoms with van der Waals surface area (Å²) in [4.78, 5) is 21.6. The molecule has 2 heterocycles. The van der Waals surface area contributed by atoms with Crippen molar-refractivity contribution in [2.45, 2.75) is 19.5 Å². The fourth-order valence-corrected chi connectivity index (χ4v) is 2.88. The lowest BCUT2D eigenvalue weighted by molar-refractivity contribution is -0.137. The van der Waals surface area contributed by atoms with E-state index in [-0.39, 0.29) is 34.4 Å². The van der Waals surface area contributed by atoms with Crippen LogP contribution in [-0.2, 0) is 6.18 Å². The molecule has 3 aromatic rings. The zero-order valence-corrected chi connectivity index (χ0v) is 15.1. The fourth-order valence-electron chi connectivity index (χ4n) is 2.65. The number of pyridine rings is 1. The highest BCUT2D eigenvalue weighted by molar-refractivity contribution is 6.34. The molecule has 0 fully saturated rings. The quantitative estimate of drug-likeness (QED) is 0.503. The monoisotopic (exact) mass is 414 g/mol. The van der Waals surface area contributed by atoms with Crippen molar-refractivity contribution in [1.82, 2.24) is 14.5 Å². The summed E-state index contributed by atoms with van der Waals surface area (Å²) < 4.78 is 39.5. The summed E-state index contributed by atoms with van der Waals surface area (Å²) in [5.41, 5.74) is -1.27. The summed E-state index contributed by atoms with van der Waals surface area (Å²) in [5, 5.41) is 19.1. The molecule has 0 atom stereocenters. The molecule has 0 aliphatic rings. The maximum Gasteiger partial charge on any atom is 0.416 e. The van der Waals surface area contributed by atoms with Crippen LogP contribution in [0.3, 0.4) is 0 Å². The van der Waals surface area contributed by atoms with Gasteiger partial charge in [0.15, 0.2) is 5.65 Å². The summed E-state index contributed by atoms with van der Waals surface area (Å²) in [6.45, 7) is 1.74. The van der Waals surface area contributed by atoms with Gasteiger partial charge in [0.2, 0.25) is 12.4 Å². The molecule has 0 aliphatic heterocycles. The smallest absolute Gasteiger partial charge is 0.351 e. The van der Waals surface area contributed by atoms with Gasteiger partial charge < -0.3 is 10.2 Å². The molecule has 0 bridgehead atoms. The van der Waals surface area contributed by atoms with Crippen molar-refractivity contribution in [1.29, 1.82) is 0 Å². The van der Waals surface area contributed by atoms with Crippen LogP contribution in [-0.4, -0.2) is 37.7 Å². The van der Waals surface area contributed by atoms with Crippen LogP contribution in [0.4, 0.5) is 19.1 Å². The van der Waals surface area contributed by atoms with Crippen LogP contribution >= 0.6 is 11.6 Å². The van der Waals surface area contributed by atoms with E-state index in [0.717, 1.165) is 33.7 Å². The third-order valence-electron chi connectivity index (χ3n) is 4.02. The van der Waals surface area contributed by atoms with E-state index < -0.39 is 23.7 Å². The van der Waals surface area contributed by atoms with E-state index in [1.807, 2.05) is 0 Å². The molecule has 0 spiro atoms. The van der Waals surface area contributed by atoms with Gasteiger partial charge in [0.25, 0.3) is 5.56 Å². The van der Waals surface area contributed by atoms with E-state index in [9.17, 15) is 28.2 Å². The van der Waals surface area contributed by atoms with Gasteiger partial charge in [0.1, 0.15) is 5.15 Å². The van der Waals surface area contributed by atoms with Crippen molar-refractivity contribution in [3.05, 3.63) is 57.5 Å². The first-order valence-electron chi connectivity index (χ1n) is 8.03. The average molecular weight is 415 g/mol. The van der Waals surface area contributed by atoms with Gasteiger partial charge in [-0.3, -0.25) is 14.3 Å². The molecule has 0 unspecified atom stereocenters. The Morgan fingerprint density at radius 1 is 1.14 bits per heavy atom. The van der Waals surface area contributed by atoms with Crippen molar-refractivity contribution in [3.63, 3.8) is 0 Å². The highest BCUT2D eigenvalue weighted by Gasteiger charge is 2.30. The molecule has 0 saturated carbocycles. The minimum atomic E-state index is -4.51. The number of alkyl halides is 3. The van der Waals surface area contributed by atoms with Crippen LogP contribution in [0.5, 0.6) is 0 Å². The lowest BCUT2D eigenvalue weighted by Crippen LogP contribution is -2.36. The number of hydrogen-bond acceptors (Lipinski definition) is 6. The lowest BCUT2D eigenvalue weighted by atomic mass is 10.2. The minimum absolute atomic E-state index is 0.0151. The van der Waals surface area contributed by atoms with Gasteiger partial charge in [-0.1, -0.05) is 11.6 Å². The summed E-state index contributed by atoms with van der Waals surface area (Å²) in [5.74, 6) is -0.152. The van der Waals surface area contributed by atoms with E-state index in [0.29, 0.717) is 0 Å². The second-order valence-corrected chi connectivity index (χ2v) is 6.09. The molecule has 7 nitrogen and oxygen atoms in total. The van der Waals surface area contributed by atoms with E-state index in [1.165, 1.54) is 12.1 Å². The van der Waals surface area contributed by atoms with Gasteiger partial charge in [-0.2, -0.15) is 18.2 Å². The Labute approximate surface area is 161 Å². The molecule has 2 N–H and O–H groups in total.